The largest absolute Gasteiger partial charge is 0.507 e. The van der Waals surface area contributed by atoms with Gasteiger partial charge < -0.3 is 15.9 Å². The third-order valence-corrected chi connectivity index (χ3v) is 4.15. The van der Waals surface area contributed by atoms with Gasteiger partial charge in [0.15, 0.2) is 0 Å². The fraction of sp³-hybridized carbons (Fsp3) is 0.600. The van der Waals surface area contributed by atoms with E-state index in [1.165, 1.54) is 12.8 Å². The van der Waals surface area contributed by atoms with Crippen LogP contribution in [0.1, 0.15) is 48.4 Å². The number of aliphatic hydroxyl groups is 1. The highest BCUT2D eigenvalue weighted by molar-refractivity contribution is 5.43. The van der Waals surface area contributed by atoms with E-state index in [-0.39, 0.29) is 6.04 Å². The molecule has 100 valence electrons. The van der Waals surface area contributed by atoms with E-state index in [9.17, 15) is 10.2 Å². The zero-order valence-corrected chi connectivity index (χ0v) is 11.2. The summed E-state index contributed by atoms with van der Waals surface area (Å²) in [5.74, 6) is 0.649. The molecule has 1 saturated carbocycles. The van der Waals surface area contributed by atoms with Crippen molar-refractivity contribution in [3.05, 3.63) is 28.8 Å². The van der Waals surface area contributed by atoms with Crippen LogP contribution in [-0.2, 0) is 0 Å². The number of aromatic hydroxyl groups is 1. The van der Waals surface area contributed by atoms with Crippen molar-refractivity contribution in [3.63, 3.8) is 0 Å². The molecule has 0 bridgehead atoms. The van der Waals surface area contributed by atoms with Gasteiger partial charge in [-0.25, -0.2) is 0 Å². The molecule has 0 heterocycles. The number of aryl methyl sites for hydroxylation is 2. The molecule has 0 unspecified atom stereocenters. The summed E-state index contributed by atoms with van der Waals surface area (Å²) < 4.78 is 0. The van der Waals surface area contributed by atoms with Gasteiger partial charge in [0.25, 0.3) is 0 Å². The monoisotopic (exact) mass is 249 g/mol. The molecule has 0 saturated heterocycles. The minimum absolute atomic E-state index is 0.321. The van der Waals surface area contributed by atoms with Crippen LogP contribution < -0.4 is 5.73 Å². The van der Waals surface area contributed by atoms with E-state index < -0.39 is 6.10 Å². The van der Waals surface area contributed by atoms with Gasteiger partial charge in [0.2, 0.25) is 0 Å². The molecule has 3 nitrogen and oxygen atoms in total. The first-order chi connectivity index (χ1) is 8.50. The first kappa shape index (κ1) is 13.4. The highest BCUT2D eigenvalue weighted by Crippen LogP contribution is 2.34. The Bertz CT molecular complexity index is 401. The number of rotatable bonds is 3. The van der Waals surface area contributed by atoms with Gasteiger partial charge >= 0.3 is 0 Å². The summed E-state index contributed by atoms with van der Waals surface area (Å²) in [5, 5.41) is 20.1. The van der Waals surface area contributed by atoms with Gasteiger partial charge in [-0.3, -0.25) is 0 Å². The first-order valence-electron chi connectivity index (χ1n) is 6.74. The van der Waals surface area contributed by atoms with E-state index in [0.29, 0.717) is 11.7 Å². The van der Waals surface area contributed by atoms with Crippen molar-refractivity contribution < 1.29 is 10.2 Å². The van der Waals surface area contributed by atoms with Crippen LogP contribution in [0.5, 0.6) is 5.75 Å². The summed E-state index contributed by atoms with van der Waals surface area (Å²) in [6.45, 7) is 3.72. The van der Waals surface area contributed by atoms with Gasteiger partial charge in [-0.05, 0) is 49.3 Å². The number of hydrogen-bond donors (Lipinski definition) is 3. The van der Waals surface area contributed by atoms with E-state index >= 15 is 0 Å². The zero-order valence-electron chi connectivity index (χ0n) is 11.2. The Morgan fingerprint density at radius 3 is 2.17 bits per heavy atom. The molecule has 1 aromatic carbocycles. The summed E-state index contributed by atoms with van der Waals surface area (Å²) in [5.41, 5.74) is 8.73. The average molecular weight is 249 g/mol. The van der Waals surface area contributed by atoms with E-state index in [2.05, 4.69) is 0 Å². The molecule has 0 aliphatic heterocycles. The Hall–Kier alpha value is -1.06. The summed E-state index contributed by atoms with van der Waals surface area (Å²) >= 11 is 0. The minimum atomic E-state index is -0.476. The Morgan fingerprint density at radius 1 is 1.17 bits per heavy atom. The van der Waals surface area contributed by atoms with E-state index in [1.807, 2.05) is 26.0 Å². The van der Waals surface area contributed by atoms with Crippen molar-refractivity contribution in [1.29, 1.82) is 0 Å². The number of hydrogen-bond acceptors (Lipinski definition) is 3. The lowest BCUT2D eigenvalue weighted by molar-refractivity contribution is 0.0844. The molecular weight excluding hydrogens is 226 g/mol. The van der Waals surface area contributed by atoms with E-state index in [0.717, 1.165) is 29.5 Å². The SMILES string of the molecule is Cc1cc([C@H](N)[C@H](O)C2CCCC2)cc(C)c1O. The summed E-state index contributed by atoms with van der Waals surface area (Å²) in [7, 11) is 0. The molecular formula is C15H23NO2. The normalized spacial score (nSPS) is 20.0. The van der Waals surface area contributed by atoms with Crippen LogP contribution in [-0.4, -0.2) is 16.3 Å². The third kappa shape index (κ3) is 2.52. The van der Waals surface area contributed by atoms with Crippen molar-refractivity contribution in [1.82, 2.24) is 0 Å². The second-order valence-corrected chi connectivity index (χ2v) is 5.56. The molecule has 0 radical (unpaired) electrons. The van der Waals surface area contributed by atoms with Crippen LogP contribution in [0, 0.1) is 19.8 Å². The van der Waals surface area contributed by atoms with Crippen molar-refractivity contribution in [2.75, 3.05) is 0 Å². The molecule has 1 aliphatic carbocycles. The molecule has 0 spiro atoms. The predicted molar refractivity (Wildman–Crippen MR) is 72.5 cm³/mol. The fourth-order valence-electron chi connectivity index (χ4n) is 2.97. The van der Waals surface area contributed by atoms with Gasteiger partial charge in [-0.2, -0.15) is 0 Å². The third-order valence-electron chi connectivity index (χ3n) is 4.15. The van der Waals surface area contributed by atoms with Gasteiger partial charge in [0.1, 0.15) is 5.75 Å². The van der Waals surface area contributed by atoms with Crippen LogP contribution in [0.15, 0.2) is 12.1 Å². The Balaban J connectivity index is 2.19. The maximum Gasteiger partial charge on any atom is 0.121 e. The molecule has 4 N–H and O–H groups in total. The van der Waals surface area contributed by atoms with E-state index in [4.69, 9.17) is 5.73 Å². The standard InChI is InChI=1S/C15H23NO2/c1-9-7-12(8-10(2)14(9)17)13(16)15(18)11-5-3-4-6-11/h7-8,11,13,15,17-18H,3-6,16H2,1-2H3/t13-,15+/m0/s1. The average Bonchev–Trinajstić information content (AvgIpc) is 2.87. The highest BCUT2D eigenvalue weighted by Gasteiger charge is 2.29. The summed E-state index contributed by atoms with van der Waals surface area (Å²) in [4.78, 5) is 0. The van der Waals surface area contributed by atoms with E-state index in [1.54, 1.807) is 0 Å². The number of phenols is 1. The molecule has 1 aliphatic rings. The van der Waals surface area contributed by atoms with Gasteiger partial charge in [-0.15, -0.1) is 0 Å². The van der Waals surface area contributed by atoms with Gasteiger partial charge in [0, 0.05) is 0 Å². The quantitative estimate of drug-likeness (QED) is 0.771. The maximum atomic E-state index is 10.3. The second-order valence-electron chi connectivity index (χ2n) is 5.56. The minimum Gasteiger partial charge on any atom is -0.507 e. The molecule has 3 heteroatoms. The molecule has 1 fully saturated rings. The first-order valence-corrected chi connectivity index (χ1v) is 6.74. The molecule has 0 amide bonds. The topological polar surface area (TPSA) is 66.5 Å². The zero-order chi connectivity index (χ0) is 13.3. The maximum absolute atomic E-state index is 10.3. The molecule has 2 rings (SSSR count). The molecule has 18 heavy (non-hydrogen) atoms. The van der Waals surface area contributed by atoms with Crippen LogP contribution in [0.25, 0.3) is 0 Å². The summed E-state index contributed by atoms with van der Waals surface area (Å²) in [6.07, 6.45) is 4.07. The van der Waals surface area contributed by atoms with Crippen molar-refractivity contribution >= 4 is 0 Å². The smallest absolute Gasteiger partial charge is 0.121 e. The number of aliphatic hydroxyl groups excluding tert-OH is 1. The molecule has 2 atom stereocenters. The second kappa shape index (κ2) is 5.29. The predicted octanol–water partition coefficient (Wildman–Crippen LogP) is 2.56. The van der Waals surface area contributed by atoms with Gasteiger partial charge in [0.05, 0.1) is 12.1 Å². The number of phenolic OH excluding ortho intramolecular Hbond substituents is 1. The van der Waals surface area contributed by atoms with Crippen LogP contribution in [0.4, 0.5) is 0 Å². The Morgan fingerprint density at radius 2 is 1.67 bits per heavy atom. The lowest BCUT2D eigenvalue weighted by atomic mass is 9.89. The van der Waals surface area contributed by atoms with Crippen molar-refractivity contribution in [2.24, 2.45) is 11.7 Å². The van der Waals surface area contributed by atoms with Gasteiger partial charge in [-0.1, -0.05) is 25.0 Å². The van der Waals surface area contributed by atoms with Crippen LogP contribution in [0.3, 0.4) is 0 Å². The summed E-state index contributed by atoms with van der Waals surface area (Å²) in [6, 6.07) is 3.40. The Labute approximate surface area is 109 Å². The number of benzene rings is 1. The molecule has 0 aromatic heterocycles. The van der Waals surface area contributed by atoms with Crippen molar-refractivity contribution in [2.45, 2.75) is 51.7 Å². The lowest BCUT2D eigenvalue weighted by Crippen LogP contribution is -2.32. The van der Waals surface area contributed by atoms with Crippen LogP contribution in [0.2, 0.25) is 0 Å². The fourth-order valence-corrected chi connectivity index (χ4v) is 2.97. The lowest BCUT2D eigenvalue weighted by Gasteiger charge is -2.25. The van der Waals surface area contributed by atoms with Crippen LogP contribution >= 0.6 is 0 Å². The Kier molecular flexibility index (Phi) is 3.93. The number of nitrogens with two attached hydrogens (primary N) is 1. The molecule has 1 aromatic rings. The van der Waals surface area contributed by atoms with Crippen molar-refractivity contribution in [3.8, 4) is 5.75 Å². The highest BCUT2D eigenvalue weighted by atomic mass is 16.3.